The third-order valence-corrected chi connectivity index (χ3v) is 3.29. The second-order valence-corrected chi connectivity index (χ2v) is 6.00. The average Bonchev–Trinajstić information content (AvgIpc) is 2.27. The summed E-state index contributed by atoms with van der Waals surface area (Å²) in [5, 5.41) is 3.54. The zero-order valence-electron chi connectivity index (χ0n) is 11.3. The summed E-state index contributed by atoms with van der Waals surface area (Å²) >= 11 is 6.09. The van der Waals surface area contributed by atoms with Gasteiger partial charge in [-0.05, 0) is 24.0 Å². The van der Waals surface area contributed by atoms with Crippen LogP contribution in [0.5, 0.6) is 0 Å². The van der Waals surface area contributed by atoms with Gasteiger partial charge in [-0.1, -0.05) is 50.6 Å². The lowest BCUT2D eigenvalue weighted by Gasteiger charge is -2.27. The highest BCUT2D eigenvalue weighted by Gasteiger charge is 2.28. The number of carbonyl (C=O) groups is 1. The van der Waals surface area contributed by atoms with Crippen molar-refractivity contribution >= 4 is 17.5 Å². The van der Waals surface area contributed by atoms with E-state index in [2.05, 4.69) is 5.32 Å². The first kappa shape index (κ1) is 15.0. The number of nitrogens with one attached hydrogen (secondary N) is 1. The van der Waals surface area contributed by atoms with E-state index in [1.54, 1.807) is 0 Å². The van der Waals surface area contributed by atoms with Crippen LogP contribution in [0.1, 0.15) is 39.3 Å². The van der Waals surface area contributed by atoms with Gasteiger partial charge in [0, 0.05) is 5.02 Å². The monoisotopic (exact) mass is 268 g/mol. The number of nitrogens with two attached hydrogens (primary N) is 1. The molecule has 3 nitrogen and oxygen atoms in total. The van der Waals surface area contributed by atoms with Crippen LogP contribution >= 0.6 is 11.6 Å². The summed E-state index contributed by atoms with van der Waals surface area (Å²) in [5.74, 6) is -0.157. The molecule has 1 aromatic carbocycles. The summed E-state index contributed by atoms with van der Waals surface area (Å²) in [6, 6.07) is 6.77. The third-order valence-electron chi connectivity index (χ3n) is 2.95. The molecule has 3 N–H and O–H groups in total. The van der Waals surface area contributed by atoms with E-state index in [4.69, 9.17) is 17.3 Å². The third kappa shape index (κ3) is 3.72. The summed E-state index contributed by atoms with van der Waals surface area (Å²) in [5.41, 5.74) is 6.55. The van der Waals surface area contributed by atoms with E-state index in [1.807, 2.05) is 52.0 Å². The highest BCUT2D eigenvalue weighted by Crippen LogP contribution is 2.23. The molecule has 0 spiro atoms. The second-order valence-electron chi connectivity index (χ2n) is 5.60. The molecular formula is C14H21ClN2O. The molecule has 0 saturated heterocycles. The molecule has 4 heteroatoms. The molecule has 0 aromatic heterocycles. The molecule has 1 amide bonds. The van der Waals surface area contributed by atoms with Crippen LogP contribution in [0.3, 0.4) is 0 Å². The van der Waals surface area contributed by atoms with Gasteiger partial charge in [0.2, 0.25) is 5.91 Å². The molecule has 2 unspecified atom stereocenters. The Morgan fingerprint density at radius 2 is 1.89 bits per heavy atom. The van der Waals surface area contributed by atoms with E-state index in [0.29, 0.717) is 5.02 Å². The van der Waals surface area contributed by atoms with E-state index >= 15 is 0 Å². The predicted molar refractivity (Wildman–Crippen MR) is 75.4 cm³/mol. The molecule has 2 atom stereocenters. The quantitative estimate of drug-likeness (QED) is 0.886. The first-order valence-electron chi connectivity index (χ1n) is 6.04. The van der Waals surface area contributed by atoms with Gasteiger partial charge in [-0.25, -0.2) is 0 Å². The molecule has 0 aliphatic carbocycles. The molecule has 0 aliphatic heterocycles. The van der Waals surface area contributed by atoms with Gasteiger partial charge in [-0.3, -0.25) is 4.79 Å². The van der Waals surface area contributed by atoms with Crippen LogP contribution in [0.25, 0.3) is 0 Å². The van der Waals surface area contributed by atoms with Gasteiger partial charge in [0.1, 0.15) is 0 Å². The number of benzene rings is 1. The van der Waals surface area contributed by atoms with Crippen molar-refractivity contribution in [1.82, 2.24) is 5.32 Å². The first-order valence-corrected chi connectivity index (χ1v) is 6.41. The lowest BCUT2D eigenvalue weighted by molar-refractivity contribution is -0.125. The Morgan fingerprint density at radius 1 is 1.33 bits per heavy atom. The Hall–Kier alpha value is -1.06. The van der Waals surface area contributed by atoms with Crippen LogP contribution in [-0.2, 0) is 4.79 Å². The van der Waals surface area contributed by atoms with E-state index in [-0.39, 0.29) is 17.4 Å². The standard InChI is InChI=1S/C14H21ClN2O/c1-9(10-7-5-6-8-11(10)15)17-13(18)12(16)14(2,3)4/h5-9,12H,16H2,1-4H3,(H,17,18). The van der Waals surface area contributed by atoms with Gasteiger partial charge in [-0.15, -0.1) is 0 Å². The molecule has 0 heterocycles. The van der Waals surface area contributed by atoms with Crippen molar-refractivity contribution in [3.63, 3.8) is 0 Å². The van der Waals surface area contributed by atoms with Crippen molar-refractivity contribution in [3.8, 4) is 0 Å². The molecular weight excluding hydrogens is 248 g/mol. The molecule has 18 heavy (non-hydrogen) atoms. The summed E-state index contributed by atoms with van der Waals surface area (Å²) in [7, 11) is 0. The Bertz CT molecular complexity index is 426. The highest BCUT2D eigenvalue weighted by atomic mass is 35.5. The van der Waals surface area contributed by atoms with Crippen LogP contribution in [-0.4, -0.2) is 11.9 Å². The lowest BCUT2D eigenvalue weighted by atomic mass is 9.86. The van der Waals surface area contributed by atoms with Crippen molar-refractivity contribution in [2.75, 3.05) is 0 Å². The normalized spacial score (nSPS) is 15.0. The molecule has 0 fully saturated rings. The molecule has 100 valence electrons. The SMILES string of the molecule is CC(NC(=O)C(N)C(C)(C)C)c1ccccc1Cl. The second kappa shape index (κ2) is 5.72. The van der Waals surface area contributed by atoms with Crippen molar-refractivity contribution in [1.29, 1.82) is 0 Å². The van der Waals surface area contributed by atoms with Gasteiger partial charge in [-0.2, -0.15) is 0 Å². The maximum atomic E-state index is 12.0. The van der Waals surface area contributed by atoms with E-state index in [1.165, 1.54) is 0 Å². The number of rotatable bonds is 3. The summed E-state index contributed by atoms with van der Waals surface area (Å²) < 4.78 is 0. The van der Waals surface area contributed by atoms with Crippen LogP contribution in [0.4, 0.5) is 0 Å². The fourth-order valence-electron chi connectivity index (χ4n) is 1.60. The summed E-state index contributed by atoms with van der Waals surface area (Å²) in [4.78, 5) is 12.0. The van der Waals surface area contributed by atoms with Gasteiger partial charge in [0.05, 0.1) is 12.1 Å². The predicted octanol–water partition coefficient (Wildman–Crippen LogP) is 2.89. The minimum absolute atomic E-state index is 0.153. The van der Waals surface area contributed by atoms with E-state index in [9.17, 15) is 4.79 Å². The van der Waals surface area contributed by atoms with Gasteiger partial charge in [0.15, 0.2) is 0 Å². The van der Waals surface area contributed by atoms with Crippen LogP contribution < -0.4 is 11.1 Å². The van der Waals surface area contributed by atoms with Gasteiger partial charge >= 0.3 is 0 Å². The maximum absolute atomic E-state index is 12.0. The molecule has 1 rings (SSSR count). The molecule has 1 aromatic rings. The zero-order chi connectivity index (χ0) is 13.9. The highest BCUT2D eigenvalue weighted by molar-refractivity contribution is 6.31. The van der Waals surface area contributed by atoms with E-state index in [0.717, 1.165) is 5.56 Å². The minimum atomic E-state index is -0.539. The Labute approximate surface area is 114 Å². The van der Waals surface area contributed by atoms with Crippen molar-refractivity contribution in [3.05, 3.63) is 34.9 Å². The molecule has 0 bridgehead atoms. The Kier molecular flexibility index (Phi) is 4.77. The summed E-state index contributed by atoms with van der Waals surface area (Å²) in [6.45, 7) is 7.72. The minimum Gasteiger partial charge on any atom is -0.348 e. The van der Waals surface area contributed by atoms with Crippen molar-refractivity contribution in [2.45, 2.75) is 39.8 Å². The lowest BCUT2D eigenvalue weighted by Crippen LogP contribution is -2.49. The number of hydrogen-bond acceptors (Lipinski definition) is 2. The largest absolute Gasteiger partial charge is 0.348 e. The topological polar surface area (TPSA) is 55.1 Å². The number of halogens is 1. The van der Waals surface area contributed by atoms with Crippen LogP contribution in [0, 0.1) is 5.41 Å². The Morgan fingerprint density at radius 3 is 2.39 bits per heavy atom. The molecule has 0 radical (unpaired) electrons. The molecule has 0 aliphatic rings. The zero-order valence-corrected chi connectivity index (χ0v) is 12.1. The number of carbonyl (C=O) groups excluding carboxylic acids is 1. The van der Waals surface area contributed by atoms with Gasteiger partial charge < -0.3 is 11.1 Å². The Balaban J connectivity index is 2.75. The smallest absolute Gasteiger partial charge is 0.237 e. The van der Waals surface area contributed by atoms with Crippen molar-refractivity contribution < 1.29 is 4.79 Å². The molecule has 0 saturated carbocycles. The number of amides is 1. The fourth-order valence-corrected chi connectivity index (χ4v) is 1.90. The average molecular weight is 269 g/mol. The fraction of sp³-hybridized carbons (Fsp3) is 0.500. The van der Waals surface area contributed by atoms with E-state index < -0.39 is 6.04 Å². The first-order chi connectivity index (χ1) is 8.23. The van der Waals surface area contributed by atoms with Crippen molar-refractivity contribution in [2.24, 2.45) is 11.1 Å². The van der Waals surface area contributed by atoms with Crippen LogP contribution in [0.2, 0.25) is 5.02 Å². The summed E-state index contributed by atoms with van der Waals surface area (Å²) in [6.07, 6.45) is 0. The maximum Gasteiger partial charge on any atom is 0.237 e. The van der Waals surface area contributed by atoms with Crippen LogP contribution in [0.15, 0.2) is 24.3 Å². The number of hydrogen-bond donors (Lipinski definition) is 2. The van der Waals surface area contributed by atoms with Gasteiger partial charge in [0.25, 0.3) is 0 Å².